The average Bonchev–Trinajstić information content (AvgIpc) is 2.20. The molecule has 2 amide bonds. The van der Waals surface area contributed by atoms with Crippen LogP contribution in [-0.4, -0.2) is 33.9 Å². The predicted molar refractivity (Wildman–Crippen MR) is 56.6 cm³/mol. The first kappa shape index (κ1) is 12.3. The summed E-state index contributed by atoms with van der Waals surface area (Å²) >= 11 is 5.63. The van der Waals surface area contributed by atoms with E-state index in [-0.39, 0.29) is 5.06 Å². The molecule has 1 aromatic rings. The van der Waals surface area contributed by atoms with Crippen molar-refractivity contribution in [2.45, 2.75) is 0 Å². The molecule has 16 heavy (non-hydrogen) atoms. The van der Waals surface area contributed by atoms with E-state index in [0.717, 1.165) is 0 Å². The molecule has 0 aliphatic carbocycles. The summed E-state index contributed by atoms with van der Waals surface area (Å²) in [5.41, 5.74) is 0.402. The zero-order chi connectivity index (χ0) is 12.1. The van der Waals surface area contributed by atoms with Gasteiger partial charge in [-0.25, -0.2) is 4.79 Å². The number of benzene rings is 1. The standard InChI is InChI=1S/C9H9ClN2O4/c10-6-1-3-7(4-2-6)11-9(15)12(16)5-8(13)14/h1-4,16H,5H2,(H,11,15)(H,13,14). The van der Waals surface area contributed by atoms with E-state index < -0.39 is 18.5 Å². The molecule has 86 valence electrons. The fraction of sp³-hybridized carbons (Fsp3) is 0.111. The lowest BCUT2D eigenvalue weighted by Gasteiger charge is -2.13. The van der Waals surface area contributed by atoms with E-state index in [2.05, 4.69) is 5.32 Å². The summed E-state index contributed by atoms with van der Waals surface area (Å²) in [6, 6.07) is 5.22. The fourth-order valence-corrected chi connectivity index (χ4v) is 1.05. The largest absolute Gasteiger partial charge is 0.480 e. The number of carboxylic acids is 1. The van der Waals surface area contributed by atoms with E-state index in [4.69, 9.17) is 21.9 Å². The summed E-state index contributed by atoms with van der Waals surface area (Å²) in [5, 5.41) is 20.2. The zero-order valence-electron chi connectivity index (χ0n) is 8.05. The van der Waals surface area contributed by atoms with Crippen LogP contribution in [-0.2, 0) is 4.79 Å². The number of rotatable bonds is 3. The minimum atomic E-state index is -1.31. The van der Waals surface area contributed by atoms with E-state index in [1.54, 1.807) is 12.1 Å². The van der Waals surface area contributed by atoms with Crippen LogP contribution in [0.1, 0.15) is 0 Å². The number of carboxylic acid groups (broad SMARTS) is 1. The maximum atomic E-state index is 11.2. The van der Waals surface area contributed by atoms with Crippen LogP contribution in [0.5, 0.6) is 0 Å². The van der Waals surface area contributed by atoms with E-state index >= 15 is 0 Å². The minimum Gasteiger partial charge on any atom is -0.480 e. The Morgan fingerprint density at radius 2 is 1.88 bits per heavy atom. The topological polar surface area (TPSA) is 89.9 Å². The van der Waals surface area contributed by atoms with Gasteiger partial charge in [0.25, 0.3) is 0 Å². The van der Waals surface area contributed by atoms with Crippen LogP contribution in [0.2, 0.25) is 5.02 Å². The number of urea groups is 1. The van der Waals surface area contributed by atoms with E-state index in [1.165, 1.54) is 12.1 Å². The molecule has 0 bridgehead atoms. The Kier molecular flexibility index (Phi) is 4.10. The van der Waals surface area contributed by atoms with Gasteiger partial charge in [-0.1, -0.05) is 11.6 Å². The lowest BCUT2D eigenvalue weighted by molar-refractivity contribution is -0.145. The van der Waals surface area contributed by atoms with E-state index in [9.17, 15) is 9.59 Å². The molecule has 0 aliphatic rings. The van der Waals surface area contributed by atoms with E-state index in [1.807, 2.05) is 0 Å². The second kappa shape index (κ2) is 5.34. The third-order valence-corrected chi connectivity index (χ3v) is 1.87. The number of carbonyl (C=O) groups excluding carboxylic acids is 1. The van der Waals surface area contributed by atoms with Crippen molar-refractivity contribution in [1.29, 1.82) is 0 Å². The summed E-state index contributed by atoms with van der Waals surface area (Å²) in [6.45, 7) is -0.792. The van der Waals surface area contributed by atoms with Crippen LogP contribution in [0.4, 0.5) is 10.5 Å². The van der Waals surface area contributed by atoms with Gasteiger partial charge in [-0.15, -0.1) is 0 Å². The van der Waals surface area contributed by atoms with Gasteiger partial charge in [0.2, 0.25) is 0 Å². The molecule has 7 heteroatoms. The van der Waals surface area contributed by atoms with Gasteiger partial charge in [-0.05, 0) is 24.3 Å². The average molecular weight is 245 g/mol. The van der Waals surface area contributed by atoms with Crippen LogP contribution >= 0.6 is 11.6 Å². The van der Waals surface area contributed by atoms with Gasteiger partial charge < -0.3 is 10.4 Å². The number of hydroxylamine groups is 2. The van der Waals surface area contributed by atoms with Gasteiger partial charge in [0.15, 0.2) is 0 Å². The Morgan fingerprint density at radius 1 is 1.31 bits per heavy atom. The molecule has 1 rings (SSSR count). The molecule has 0 saturated heterocycles. The fourth-order valence-electron chi connectivity index (χ4n) is 0.921. The molecule has 0 spiro atoms. The van der Waals surface area contributed by atoms with Crippen LogP contribution in [0.15, 0.2) is 24.3 Å². The van der Waals surface area contributed by atoms with Crippen molar-refractivity contribution in [2.75, 3.05) is 11.9 Å². The molecule has 1 aromatic carbocycles. The first-order valence-corrected chi connectivity index (χ1v) is 4.61. The van der Waals surface area contributed by atoms with Gasteiger partial charge in [0.1, 0.15) is 6.54 Å². The normalized spacial score (nSPS) is 9.62. The van der Waals surface area contributed by atoms with Crippen molar-refractivity contribution in [3.8, 4) is 0 Å². The Labute approximate surface area is 96.0 Å². The summed E-state index contributed by atoms with van der Waals surface area (Å²) < 4.78 is 0. The van der Waals surface area contributed by atoms with E-state index in [0.29, 0.717) is 10.7 Å². The second-order valence-corrected chi connectivity index (χ2v) is 3.32. The highest BCUT2D eigenvalue weighted by molar-refractivity contribution is 6.30. The van der Waals surface area contributed by atoms with Gasteiger partial charge in [-0.2, -0.15) is 5.06 Å². The van der Waals surface area contributed by atoms with Crippen molar-refractivity contribution in [2.24, 2.45) is 0 Å². The quantitative estimate of drug-likeness (QED) is 0.557. The second-order valence-electron chi connectivity index (χ2n) is 2.89. The number of halogens is 1. The molecule has 0 heterocycles. The maximum Gasteiger partial charge on any atom is 0.346 e. The van der Waals surface area contributed by atoms with Crippen LogP contribution in [0.3, 0.4) is 0 Å². The number of hydrogen-bond acceptors (Lipinski definition) is 3. The first-order chi connectivity index (χ1) is 7.49. The smallest absolute Gasteiger partial charge is 0.346 e. The summed E-state index contributed by atoms with van der Waals surface area (Å²) in [7, 11) is 0. The SMILES string of the molecule is O=C(O)CN(O)C(=O)Nc1ccc(Cl)cc1. The Hall–Kier alpha value is -1.79. The molecule has 3 N–H and O–H groups in total. The van der Waals surface area contributed by atoms with Crippen LogP contribution in [0, 0.1) is 0 Å². The molecule has 0 atom stereocenters. The lowest BCUT2D eigenvalue weighted by Crippen LogP contribution is -2.35. The van der Waals surface area contributed by atoms with Crippen LogP contribution in [0.25, 0.3) is 0 Å². The third-order valence-electron chi connectivity index (χ3n) is 1.61. The Morgan fingerprint density at radius 3 is 2.38 bits per heavy atom. The summed E-state index contributed by atoms with van der Waals surface area (Å²) in [4.78, 5) is 21.4. The van der Waals surface area contributed by atoms with Crippen molar-refractivity contribution < 1.29 is 19.9 Å². The number of aliphatic carboxylic acids is 1. The van der Waals surface area contributed by atoms with Gasteiger partial charge in [-0.3, -0.25) is 10.0 Å². The molecular formula is C9H9ClN2O4. The summed E-state index contributed by atoms with van der Waals surface area (Å²) in [5.74, 6) is -1.31. The van der Waals surface area contributed by atoms with Crippen molar-refractivity contribution in [3.05, 3.63) is 29.3 Å². The molecule has 0 aromatic heterocycles. The maximum absolute atomic E-state index is 11.2. The van der Waals surface area contributed by atoms with Crippen molar-refractivity contribution in [1.82, 2.24) is 5.06 Å². The number of carbonyl (C=O) groups is 2. The highest BCUT2D eigenvalue weighted by Gasteiger charge is 2.13. The van der Waals surface area contributed by atoms with Gasteiger partial charge >= 0.3 is 12.0 Å². The van der Waals surface area contributed by atoms with Crippen molar-refractivity contribution in [3.63, 3.8) is 0 Å². The van der Waals surface area contributed by atoms with Crippen molar-refractivity contribution >= 4 is 29.3 Å². The minimum absolute atomic E-state index is 0.0664. The number of nitrogens with zero attached hydrogens (tertiary/aromatic N) is 1. The third kappa shape index (κ3) is 3.76. The number of amides is 2. The predicted octanol–water partition coefficient (Wildman–Crippen LogP) is 1.65. The highest BCUT2D eigenvalue weighted by Crippen LogP contribution is 2.13. The van der Waals surface area contributed by atoms with Crippen LogP contribution < -0.4 is 5.32 Å². The Balaban J connectivity index is 2.57. The zero-order valence-corrected chi connectivity index (χ0v) is 8.81. The first-order valence-electron chi connectivity index (χ1n) is 4.24. The highest BCUT2D eigenvalue weighted by atomic mass is 35.5. The molecule has 0 radical (unpaired) electrons. The lowest BCUT2D eigenvalue weighted by atomic mass is 10.3. The number of hydrogen-bond donors (Lipinski definition) is 3. The molecule has 0 unspecified atom stereocenters. The molecular weight excluding hydrogens is 236 g/mol. The molecule has 0 saturated carbocycles. The van der Waals surface area contributed by atoms with Gasteiger partial charge in [0.05, 0.1) is 0 Å². The molecule has 6 nitrogen and oxygen atoms in total. The monoisotopic (exact) mass is 244 g/mol. The summed E-state index contributed by atoms with van der Waals surface area (Å²) in [6.07, 6.45) is 0. The molecule has 0 fully saturated rings. The number of anilines is 1. The Bertz CT molecular complexity index is 393. The van der Waals surface area contributed by atoms with Gasteiger partial charge in [0, 0.05) is 10.7 Å². The molecule has 0 aliphatic heterocycles. The number of nitrogens with one attached hydrogen (secondary N) is 1.